The molecule has 1 amide bonds. The van der Waals surface area contributed by atoms with Gasteiger partial charge < -0.3 is 19.2 Å². The normalized spacial score (nSPS) is 10.7. The average Bonchev–Trinajstić information content (AvgIpc) is 3.16. The molecule has 1 N–H and O–H groups in total. The van der Waals surface area contributed by atoms with Crippen LogP contribution in [0.4, 0.5) is 5.69 Å². The zero-order valence-electron chi connectivity index (χ0n) is 17.4. The summed E-state index contributed by atoms with van der Waals surface area (Å²) >= 11 is 0. The Bertz CT molecular complexity index is 1270. The summed E-state index contributed by atoms with van der Waals surface area (Å²) in [7, 11) is 3.03. The Balaban J connectivity index is 1.75. The lowest BCUT2D eigenvalue weighted by atomic mass is 10.1. The van der Waals surface area contributed by atoms with Crippen LogP contribution in [-0.4, -0.2) is 25.9 Å². The van der Waals surface area contributed by atoms with Crippen LogP contribution in [0.25, 0.3) is 11.0 Å². The highest BCUT2D eigenvalue weighted by Gasteiger charge is 2.24. The highest BCUT2D eigenvalue weighted by molar-refractivity contribution is 6.18. The molecule has 0 saturated heterocycles. The second kappa shape index (κ2) is 8.36. The third-order valence-electron chi connectivity index (χ3n) is 5.00. The first-order valence-corrected chi connectivity index (χ1v) is 9.68. The van der Waals surface area contributed by atoms with Gasteiger partial charge in [-0.05, 0) is 37.3 Å². The molecule has 0 unspecified atom stereocenters. The molecule has 1 aromatic heterocycles. The summed E-state index contributed by atoms with van der Waals surface area (Å²) in [4.78, 5) is 26.2. The van der Waals surface area contributed by atoms with E-state index in [0.717, 1.165) is 5.56 Å². The van der Waals surface area contributed by atoms with Gasteiger partial charge in [0, 0.05) is 16.5 Å². The van der Waals surface area contributed by atoms with E-state index in [1.54, 1.807) is 42.5 Å². The third-order valence-corrected chi connectivity index (χ3v) is 5.00. The van der Waals surface area contributed by atoms with Crippen molar-refractivity contribution in [3.8, 4) is 11.5 Å². The van der Waals surface area contributed by atoms with Gasteiger partial charge in [-0.2, -0.15) is 0 Å². The molecule has 4 rings (SSSR count). The van der Waals surface area contributed by atoms with E-state index in [9.17, 15) is 9.59 Å². The van der Waals surface area contributed by atoms with Crippen LogP contribution in [0.15, 0.2) is 71.1 Å². The highest BCUT2D eigenvalue weighted by Crippen LogP contribution is 2.34. The van der Waals surface area contributed by atoms with Crippen LogP contribution in [0.3, 0.4) is 0 Å². The van der Waals surface area contributed by atoms with Crippen molar-refractivity contribution >= 4 is 28.3 Å². The van der Waals surface area contributed by atoms with Gasteiger partial charge in [0.2, 0.25) is 5.78 Å². The van der Waals surface area contributed by atoms with Crippen molar-refractivity contribution in [2.45, 2.75) is 6.92 Å². The Morgan fingerprint density at radius 3 is 2.23 bits per heavy atom. The molecule has 0 radical (unpaired) electrons. The summed E-state index contributed by atoms with van der Waals surface area (Å²) in [6.07, 6.45) is 0. The molecule has 3 aromatic carbocycles. The maximum Gasteiger partial charge on any atom is 0.255 e. The largest absolute Gasteiger partial charge is 0.493 e. The first-order valence-electron chi connectivity index (χ1n) is 9.68. The van der Waals surface area contributed by atoms with Crippen molar-refractivity contribution in [1.82, 2.24) is 0 Å². The Labute approximate surface area is 179 Å². The molecular weight excluding hydrogens is 394 g/mol. The fourth-order valence-electron chi connectivity index (χ4n) is 3.33. The van der Waals surface area contributed by atoms with Gasteiger partial charge in [0.05, 0.1) is 19.9 Å². The standard InChI is InChI=1S/C25H21NO5/c1-15-8-10-16(11-9-15)23(27)24-22(18-6-4-5-7-19(18)31-24)26-25(28)17-12-13-20(29-2)21(14-17)30-3/h4-14H,1-3H3,(H,26,28). The summed E-state index contributed by atoms with van der Waals surface area (Å²) in [5, 5.41) is 3.50. The van der Waals surface area contributed by atoms with E-state index in [2.05, 4.69) is 5.32 Å². The number of hydrogen-bond donors (Lipinski definition) is 1. The molecule has 0 aliphatic heterocycles. The van der Waals surface area contributed by atoms with E-state index >= 15 is 0 Å². The number of carbonyl (C=O) groups is 2. The maximum atomic E-state index is 13.2. The molecule has 0 aliphatic rings. The van der Waals surface area contributed by atoms with E-state index in [4.69, 9.17) is 13.9 Å². The zero-order chi connectivity index (χ0) is 22.0. The zero-order valence-corrected chi connectivity index (χ0v) is 17.4. The number of carbonyl (C=O) groups excluding carboxylic acids is 2. The van der Waals surface area contributed by atoms with E-state index in [0.29, 0.717) is 39.3 Å². The number of anilines is 1. The van der Waals surface area contributed by atoms with Gasteiger partial charge >= 0.3 is 0 Å². The lowest BCUT2D eigenvalue weighted by Gasteiger charge is -2.10. The first kappa shape index (κ1) is 20.2. The van der Waals surface area contributed by atoms with Crippen LogP contribution in [0.2, 0.25) is 0 Å². The van der Waals surface area contributed by atoms with Crippen LogP contribution in [-0.2, 0) is 0 Å². The van der Waals surface area contributed by atoms with E-state index in [1.807, 2.05) is 31.2 Å². The van der Waals surface area contributed by atoms with Gasteiger partial charge in [0.1, 0.15) is 5.58 Å². The minimum Gasteiger partial charge on any atom is -0.493 e. The number of hydrogen-bond acceptors (Lipinski definition) is 5. The first-order chi connectivity index (χ1) is 15.0. The molecule has 4 aromatic rings. The van der Waals surface area contributed by atoms with Crippen LogP contribution < -0.4 is 14.8 Å². The summed E-state index contributed by atoms with van der Waals surface area (Å²) < 4.78 is 16.4. The quantitative estimate of drug-likeness (QED) is 0.436. The van der Waals surface area contributed by atoms with Gasteiger partial charge in [-0.3, -0.25) is 9.59 Å². The van der Waals surface area contributed by atoms with Gasteiger partial charge in [-0.1, -0.05) is 42.0 Å². The number of furan rings is 1. The van der Waals surface area contributed by atoms with Gasteiger partial charge in [0.15, 0.2) is 17.3 Å². The lowest BCUT2D eigenvalue weighted by Crippen LogP contribution is -2.14. The maximum absolute atomic E-state index is 13.2. The molecule has 0 spiro atoms. The van der Waals surface area contributed by atoms with Crippen molar-refractivity contribution in [3.63, 3.8) is 0 Å². The number of aryl methyl sites for hydroxylation is 1. The Morgan fingerprint density at radius 1 is 0.839 bits per heavy atom. The molecule has 31 heavy (non-hydrogen) atoms. The average molecular weight is 415 g/mol. The lowest BCUT2D eigenvalue weighted by molar-refractivity contribution is 0.101. The Kier molecular flexibility index (Phi) is 5.45. The SMILES string of the molecule is COc1ccc(C(=O)Nc2c(C(=O)c3ccc(C)cc3)oc3ccccc23)cc1OC. The highest BCUT2D eigenvalue weighted by atomic mass is 16.5. The van der Waals surface area contributed by atoms with Crippen LogP contribution in [0.1, 0.15) is 32.0 Å². The molecule has 0 fully saturated rings. The predicted octanol–water partition coefficient (Wildman–Crippen LogP) is 5.24. The van der Waals surface area contributed by atoms with Crippen molar-refractivity contribution in [3.05, 3.63) is 89.2 Å². The summed E-state index contributed by atoms with van der Waals surface area (Å²) in [6.45, 7) is 1.95. The fourth-order valence-corrected chi connectivity index (χ4v) is 3.33. The molecule has 0 aliphatic carbocycles. The minimum atomic E-state index is -0.398. The predicted molar refractivity (Wildman–Crippen MR) is 118 cm³/mol. The van der Waals surface area contributed by atoms with Crippen LogP contribution >= 0.6 is 0 Å². The number of nitrogens with one attached hydrogen (secondary N) is 1. The van der Waals surface area contributed by atoms with Crippen molar-refractivity contribution in [2.75, 3.05) is 19.5 Å². The van der Waals surface area contributed by atoms with Gasteiger partial charge in [0.25, 0.3) is 5.91 Å². The fraction of sp³-hybridized carbons (Fsp3) is 0.120. The topological polar surface area (TPSA) is 77.8 Å². The number of rotatable bonds is 6. The van der Waals surface area contributed by atoms with Crippen molar-refractivity contribution < 1.29 is 23.5 Å². The molecule has 0 bridgehead atoms. The van der Waals surface area contributed by atoms with Crippen molar-refractivity contribution in [1.29, 1.82) is 0 Å². The molecule has 1 heterocycles. The third kappa shape index (κ3) is 3.88. The summed E-state index contributed by atoms with van der Waals surface area (Å²) in [6, 6.07) is 19.3. The smallest absolute Gasteiger partial charge is 0.255 e. The molecule has 0 atom stereocenters. The van der Waals surface area contributed by atoms with E-state index in [1.165, 1.54) is 14.2 Å². The number of methoxy groups -OCH3 is 2. The number of ether oxygens (including phenoxy) is 2. The Morgan fingerprint density at radius 2 is 1.52 bits per heavy atom. The van der Waals surface area contributed by atoms with Gasteiger partial charge in [-0.15, -0.1) is 0 Å². The second-order valence-corrected chi connectivity index (χ2v) is 7.02. The molecule has 6 nitrogen and oxygen atoms in total. The van der Waals surface area contributed by atoms with E-state index < -0.39 is 5.91 Å². The minimum absolute atomic E-state index is 0.0823. The van der Waals surface area contributed by atoms with Gasteiger partial charge in [-0.25, -0.2) is 0 Å². The number of benzene rings is 3. The number of para-hydroxylation sites is 1. The molecule has 6 heteroatoms. The number of ketones is 1. The van der Waals surface area contributed by atoms with Crippen molar-refractivity contribution in [2.24, 2.45) is 0 Å². The molecule has 156 valence electrons. The monoisotopic (exact) mass is 415 g/mol. The van der Waals surface area contributed by atoms with Crippen LogP contribution in [0.5, 0.6) is 11.5 Å². The second-order valence-electron chi connectivity index (χ2n) is 7.02. The number of amides is 1. The summed E-state index contributed by atoms with van der Waals surface area (Å²) in [5.41, 5.74) is 2.73. The Hall–Kier alpha value is -4.06. The molecule has 0 saturated carbocycles. The van der Waals surface area contributed by atoms with Crippen LogP contribution in [0, 0.1) is 6.92 Å². The summed E-state index contributed by atoms with van der Waals surface area (Å²) in [5.74, 6) is 0.328. The molecular formula is C25H21NO5. The van der Waals surface area contributed by atoms with E-state index in [-0.39, 0.29) is 11.5 Å². The number of fused-ring (bicyclic) bond motifs is 1.